The molecule has 2 aromatic heterocycles. The predicted molar refractivity (Wildman–Crippen MR) is 96.1 cm³/mol. The van der Waals surface area contributed by atoms with Crippen molar-refractivity contribution < 1.29 is 32.9 Å². The van der Waals surface area contributed by atoms with Gasteiger partial charge in [-0.2, -0.15) is 0 Å². The minimum absolute atomic E-state index is 0.325. The van der Waals surface area contributed by atoms with Crippen molar-refractivity contribution in [1.29, 1.82) is 0 Å². The molecule has 9 nitrogen and oxygen atoms in total. The summed E-state index contributed by atoms with van der Waals surface area (Å²) < 4.78 is 47.6. The SMILES string of the molecule is O[C@@H]1[C@H](O)[C@@H](COC(F)(F)F)O[C@H]1n1cnc2c(NC3CC4CCC3C4)ncnc21. The highest BCUT2D eigenvalue weighted by Crippen LogP contribution is 2.45. The third-order valence-corrected chi connectivity index (χ3v) is 6.44. The van der Waals surface area contributed by atoms with Crippen LogP contribution in [0.15, 0.2) is 12.7 Å². The molecule has 3 N–H and O–H groups in total. The number of alkyl halides is 3. The molecule has 164 valence electrons. The van der Waals surface area contributed by atoms with E-state index in [1.54, 1.807) is 0 Å². The molecule has 3 heterocycles. The van der Waals surface area contributed by atoms with Gasteiger partial charge in [-0.25, -0.2) is 15.0 Å². The van der Waals surface area contributed by atoms with E-state index in [4.69, 9.17) is 4.74 Å². The Balaban J connectivity index is 1.36. The highest BCUT2D eigenvalue weighted by molar-refractivity contribution is 5.82. The van der Waals surface area contributed by atoms with Crippen LogP contribution >= 0.6 is 0 Å². The Morgan fingerprint density at radius 1 is 1.17 bits per heavy atom. The number of anilines is 1. The zero-order valence-electron chi connectivity index (χ0n) is 15.9. The summed E-state index contributed by atoms with van der Waals surface area (Å²) in [6.45, 7) is -0.934. The van der Waals surface area contributed by atoms with Crippen molar-refractivity contribution >= 4 is 17.0 Å². The Bertz CT molecular complexity index is 925. The van der Waals surface area contributed by atoms with Gasteiger partial charge in [0.05, 0.1) is 12.9 Å². The average Bonchev–Trinajstić information content (AvgIpc) is 3.46. The molecule has 2 aliphatic carbocycles. The Hall–Kier alpha value is -2.02. The maximum Gasteiger partial charge on any atom is 0.522 e. The van der Waals surface area contributed by atoms with Crippen LogP contribution in [0.2, 0.25) is 0 Å². The van der Waals surface area contributed by atoms with E-state index in [0.29, 0.717) is 28.9 Å². The van der Waals surface area contributed by atoms with Gasteiger partial charge >= 0.3 is 6.36 Å². The van der Waals surface area contributed by atoms with Gasteiger partial charge in [0.1, 0.15) is 24.6 Å². The van der Waals surface area contributed by atoms with Gasteiger partial charge in [-0.1, -0.05) is 6.42 Å². The summed E-state index contributed by atoms with van der Waals surface area (Å²) in [7, 11) is 0. The number of hydrogen-bond acceptors (Lipinski definition) is 8. The number of aliphatic hydroxyl groups is 2. The number of nitrogens with zero attached hydrogens (tertiary/aromatic N) is 4. The topological polar surface area (TPSA) is 115 Å². The highest BCUT2D eigenvalue weighted by Gasteiger charge is 2.46. The lowest BCUT2D eigenvalue weighted by atomic mass is 9.95. The lowest BCUT2D eigenvalue weighted by molar-refractivity contribution is -0.333. The molecule has 7 atom stereocenters. The van der Waals surface area contributed by atoms with Gasteiger partial charge in [0, 0.05) is 6.04 Å². The maximum absolute atomic E-state index is 12.3. The Kier molecular flexibility index (Phi) is 4.84. The second-order valence-corrected chi connectivity index (χ2v) is 8.28. The van der Waals surface area contributed by atoms with Crippen molar-refractivity contribution in [2.45, 2.75) is 62.6 Å². The second-order valence-electron chi connectivity index (χ2n) is 8.28. The van der Waals surface area contributed by atoms with E-state index >= 15 is 0 Å². The molecule has 5 rings (SSSR count). The van der Waals surface area contributed by atoms with Crippen LogP contribution in [-0.4, -0.2) is 67.1 Å². The van der Waals surface area contributed by atoms with Crippen molar-refractivity contribution in [2.24, 2.45) is 11.8 Å². The number of nitrogens with one attached hydrogen (secondary N) is 1. The molecule has 3 fully saturated rings. The number of halogens is 3. The first-order chi connectivity index (χ1) is 14.3. The van der Waals surface area contributed by atoms with Gasteiger partial charge in [-0.15, -0.1) is 13.2 Å². The first-order valence-electron chi connectivity index (χ1n) is 9.96. The summed E-state index contributed by atoms with van der Waals surface area (Å²) >= 11 is 0. The molecule has 0 amide bonds. The van der Waals surface area contributed by atoms with Crippen LogP contribution in [0, 0.1) is 11.8 Å². The third kappa shape index (κ3) is 3.51. The van der Waals surface area contributed by atoms with Gasteiger partial charge in [0.15, 0.2) is 23.2 Å². The van der Waals surface area contributed by atoms with E-state index in [1.165, 1.54) is 36.5 Å². The number of imidazole rings is 1. The number of hydrogen-bond donors (Lipinski definition) is 3. The summed E-state index contributed by atoms with van der Waals surface area (Å²) in [4.78, 5) is 12.8. The largest absolute Gasteiger partial charge is 0.522 e. The van der Waals surface area contributed by atoms with Crippen LogP contribution in [0.4, 0.5) is 19.0 Å². The van der Waals surface area contributed by atoms with E-state index in [1.807, 2.05) is 0 Å². The highest BCUT2D eigenvalue weighted by atomic mass is 19.4. The second kappa shape index (κ2) is 7.29. The third-order valence-electron chi connectivity index (χ3n) is 6.44. The summed E-state index contributed by atoms with van der Waals surface area (Å²) in [6, 6.07) is 0.325. The minimum Gasteiger partial charge on any atom is -0.387 e. The molecule has 1 saturated heterocycles. The summed E-state index contributed by atoms with van der Waals surface area (Å²) in [6.07, 6.45) is -2.87. The Labute approximate surface area is 169 Å². The Morgan fingerprint density at radius 2 is 2.00 bits per heavy atom. The normalized spacial score (nSPS) is 36.1. The number of ether oxygens (including phenoxy) is 2. The number of fused-ring (bicyclic) bond motifs is 3. The van der Waals surface area contributed by atoms with Crippen molar-refractivity contribution in [2.75, 3.05) is 11.9 Å². The lowest BCUT2D eigenvalue weighted by Crippen LogP contribution is -2.35. The van der Waals surface area contributed by atoms with Crippen molar-refractivity contribution in [3.63, 3.8) is 0 Å². The first-order valence-corrected chi connectivity index (χ1v) is 9.96. The molecule has 3 unspecified atom stereocenters. The molecule has 1 aliphatic heterocycles. The van der Waals surface area contributed by atoms with Crippen molar-refractivity contribution in [3.8, 4) is 0 Å². The van der Waals surface area contributed by atoms with Crippen molar-refractivity contribution in [1.82, 2.24) is 19.5 Å². The molecule has 2 saturated carbocycles. The van der Waals surface area contributed by atoms with E-state index in [9.17, 15) is 23.4 Å². The van der Waals surface area contributed by atoms with Crippen LogP contribution in [0.1, 0.15) is 31.9 Å². The molecule has 0 aromatic carbocycles. The summed E-state index contributed by atoms with van der Waals surface area (Å²) in [5.41, 5.74) is 0.824. The number of aromatic nitrogens is 4. The number of rotatable bonds is 5. The molecular weight excluding hydrogens is 407 g/mol. The summed E-state index contributed by atoms with van der Waals surface area (Å²) in [5, 5.41) is 23.9. The molecule has 3 aliphatic rings. The van der Waals surface area contributed by atoms with Gasteiger partial charge in [0.25, 0.3) is 0 Å². The zero-order valence-corrected chi connectivity index (χ0v) is 15.9. The first kappa shape index (κ1) is 19.9. The van der Waals surface area contributed by atoms with Crippen LogP contribution in [0.5, 0.6) is 0 Å². The van der Waals surface area contributed by atoms with Gasteiger partial charge in [-0.05, 0) is 31.1 Å². The number of aliphatic hydroxyl groups excluding tert-OH is 2. The van der Waals surface area contributed by atoms with Crippen LogP contribution in [-0.2, 0) is 9.47 Å². The fourth-order valence-electron chi connectivity index (χ4n) is 5.01. The maximum atomic E-state index is 12.3. The molecule has 30 heavy (non-hydrogen) atoms. The molecule has 0 radical (unpaired) electrons. The van der Waals surface area contributed by atoms with E-state index in [2.05, 4.69) is 25.0 Å². The monoisotopic (exact) mass is 429 g/mol. The minimum atomic E-state index is -4.86. The van der Waals surface area contributed by atoms with E-state index in [0.717, 1.165) is 12.3 Å². The molecule has 0 spiro atoms. The van der Waals surface area contributed by atoms with Crippen LogP contribution in [0.3, 0.4) is 0 Å². The fourth-order valence-corrected chi connectivity index (χ4v) is 5.01. The van der Waals surface area contributed by atoms with E-state index in [-0.39, 0.29) is 0 Å². The van der Waals surface area contributed by atoms with Crippen molar-refractivity contribution in [3.05, 3.63) is 12.7 Å². The standard InChI is InChI=1S/C18H22F3N5O4/c19-18(20,21)29-5-11-13(27)14(28)17(30-11)26-7-24-12-15(22-6-23-16(12)26)25-10-4-8-1-2-9(10)3-8/h6-11,13-14,17,27-28H,1-5H2,(H,22,23,25)/t8?,9?,10?,11-,13-,14-,17-/m1/s1. The van der Waals surface area contributed by atoms with Gasteiger partial charge < -0.3 is 20.3 Å². The molecule has 2 bridgehead atoms. The quantitative estimate of drug-likeness (QED) is 0.657. The van der Waals surface area contributed by atoms with Crippen LogP contribution in [0.25, 0.3) is 11.2 Å². The average molecular weight is 429 g/mol. The van der Waals surface area contributed by atoms with E-state index < -0.39 is 37.5 Å². The smallest absolute Gasteiger partial charge is 0.387 e. The lowest BCUT2D eigenvalue weighted by Gasteiger charge is -2.23. The summed E-state index contributed by atoms with van der Waals surface area (Å²) in [5.74, 6) is 1.94. The predicted octanol–water partition coefficient (Wildman–Crippen LogP) is 1.58. The fraction of sp³-hybridized carbons (Fsp3) is 0.722. The molecule has 2 aromatic rings. The molecular formula is C18H22F3N5O4. The van der Waals surface area contributed by atoms with Gasteiger partial charge in [-0.3, -0.25) is 9.30 Å². The van der Waals surface area contributed by atoms with Gasteiger partial charge in [0.2, 0.25) is 0 Å². The Morgan fingerprint density at radius 3 is 2.70 bits per heavy atom. The van der Waals surface area contributed by atoms with Crippen LogP contribution < -0.4 is 5.32 Å². The molecule has 12 heteroatoms. The zero-order chi connectivity index (χ0) is 21.0.